The Hall–Kier alpha value is -5.68. The molecule has 2 aliphatic rings. The van der Waals surface area contributed by atoms with Crippen molar-refractivity contribution in [2.24, 2.45) is 0 Å². The molecule has 0 unspecified atom stereocenters. The van der Waals surface area contributed by atoms with Crippen LogP contribution in [0, 0.1) is 0 Å². The van der Waals surface area contributed by atoms with Gasteiger partial charge in [0.1, 0.15) is 51.0 Å². The van der Waals surface area contributed by atoms with E-state index in [0.29, 0.717) is 56.5 Å². The molecule has 0 atom stereocenters. The Morgan fingerprint density at radius 1 is 0.695 bits per heavy atom. The fourth-order valence-corrected chi connectivity index (χ4v) is 9.24. The van der Waals surface area contributed by atoms with Crippen molar-refractivity contribution >= 4 is 39.0 Å². The number of rotatable bonds is 6. The zero-order chi connectivity index (χ0) is 41.8. The highest BCUT2D eigenvalue weighted by atomic mass is 32.1. The predicted molar refractivity (Wildman–Crippen MR) is 234 cm³/mol. The number of hydrogen-bond acceptors (Lipinski definition) is 11. The lowest BCUT2D eigenvalue weighted by Gasteiger charge is -2.48. The van der Waals surface area contributed by atoms with Crippen LogP contribution >= 0.6 is 11.3 Å². The third-order valence-corrected chi connectivity index (χ3v) is 12.4. The molecule has 0 saturated heterocycles. The first-order valence-electron chi connectivity index (χ1n) is 20.2. The Bertz CT molecular complexity index is 2910. The predicted octanol–water partition coefficient (Wildman–Crippen LogP) is 11.5. The molecule has 0 spiro atoms. The normalized spacial score (nSPS) is 16.1. The van der Waals surface area contributed by atoms with Gasteiger partial charge < -0.3 is 27.6 Å². The van der Waals surface area contributed by atoms with Crippen molar-refractivity contribution in [3.63, 3.8) is 0 Å². The molecule has 0 saturated carbocycles. The van der Waals surface area contributed by atoms with Gasteiger partial charge in [-0.1, -0.05) is 27.7 Å². The topological polar surface area (TPSA) is 121 Å². The van der Waals surface area contributed by atoms with Crippen molar-refractivity contribution < 1.29 is 22.7 Å². The standard InChI is InChI=1S/C48H49N3O7S/c1-45(2,3)57-27-21-36-29(37(22-27)58-46(4,5)6)23-30(44(53)55-36)34-11-12-35(54-34)39-14-13-38(59-39)33-25-49-32(24-50-33)28-19-26-20-31-41-40(42(26)56-43(28)52)48(9,10)16-18-51(41)17-15-47(31,7)8/h11-14,19-25H,15-18H2,1-10H3. The van der Waals surface area contributed by atoms with Crippen LogP contribution in [0.4, 0.5) is 5.69 Å². The van der Waals surface area contributed by atoms with Gasteiger partial charge in [0.15, 0.2) is 0 Å². The van der Waals surface area contributed by atoms with E-state index < -0.39 is 22.5 Å². The van der Waals surface area contributed by atoms with Crippen LogP contribution in [0.15, 0.2) is 89.8 Å². The quantitative estimate of drug-likeness (QED) is 0.150. The molecule has 0 fully saturated rings. The first-order valence-corrected chi connectivity index (χ1v) is 21.0. The number of benzene rings is 2. The lowest BCUT2D eigenvalue weighted by atomic mass is 9.69. The number of ether oxygens (including phenoxy) is 2. The van der Waals surface area contributed by atoms with Crippen molar-refractivity contribution in [2.75, 3.05) is 18.0 Å². The van der Waals surface area contributed by atoms with Gasteiger partial charge in [0.2, 0.25) is 0 Å². The number of anilines is 1. The van der Waals surface area contributed by atoms with Crippen LogP contribution in [-0.4, -0.2) is 34.3 Å². The van der Waals surface area contributed by atoms with E-state index in [1.807, 2.05) is 71.9 Å². The molecule has 7 heterocycles. The number of hydrogen-bond donors (Lipinski definition) is 0. The second-order valence-electron chi connectivity index (χ2n) is 19.1. The summed E-state index contributed by atoms with van der Waals surface area (Å²) in [6.45, 7) is 22.9. The molecule has 5 aromatic heterocycles. The monoisotopic (exact) mass is 811 g/mol. The van der Waals surface area contributed by atoms with Crippen molar-refractivity contribution in [3.8, 4) is 55.3 Å². The minimum atomic E-state index is -0.538. The van der Waals surface area contributed by atoms with Gasteiger partial charge in [-0.15, -0.1) is 11.3 Å². The molecule has 0 amide bonds. The van der Waals surface area contributed by atoms with Crippen molar-refractivity contribution in [2.45, 2.75) is 104 Å². The largest absolute Gasteiger partial charge is 0.488 e. The average molecular weight is 812 g/mol. The van der Waals surface area contributed by atoms with Crippen LogP contribution in [0.1, 0.15) is 93.2 Å². The Balaban J connectivity index is 1.01. The SMILES string of the molecule is CC(C)(C)Oc1cc(OC(C)(C)C)c2cc(-c3ccc(-c4ccc(-c5cnc(-c6cc7cc8c9c(c7oc6=O)C(C)(C)CCN9CCC8(C)C)cn5)s4)o3)c(=O)oc2c1. The van der Waals surface area contributed by atoms with Crippen molar-refractivity contribution in [1.29, 1.82) is 0 Å². The molecule has 0 bridgehead atoms. The van der Waals surface area contributed by atoms with E-state index in [-0.39, 0.29) is 16.4 Å². The highest BCUT2D eigenvalue weighted by molar-refractivity contribution is 7.18. The summed E-state index contributed by atoms with van der Waals surface area (Å²) in [5.74, 6) is 2.04. The smallest absolute Gasteiger partial charge is 0.347 e. The van der Waals surface area contributed by atoms with Crippen LogP contribution in [0.25, 0.3) is 65.7 Å². The van der Waals surface area contributed by atoms with E-state index in [4.69, 9.17) is 32.7 Å². The maximum Gasteiger partial charge on any atom is 0.347 e. The van der Waals surface area contributed by atoms with Gasteiger partial charge in [0.05, 0.1) is 44.5 Å². The number of furan rings is 1. The molecular formula is C48H49N3O7S. The molecule has 10 nitrogen and oxygen atoms in total. The van der Waals surface area contributed by atoms with Gasteiger partial charge in [-0.2, -0.15) is 0 Å². The lowest BCUT2D eigenvalue weighted by Crippen LogP contribution is -2.44. The highest BCUT2D eigenvalue weighted by Gasteiger charge is 2.42. The number of fused-ring (bicyclic) bond motifs is 3. The number of thiophene rings is 1. The molecule has 0 aliphatic carbocycles. The molecule has 59 heavy (non-hydrogen) atoms. The zero-order valence-electron chi connectivity index (χ0n) is 35.3. The molecular weight excluding hydrogens is 763 g/mol. The van der Waals surface area contributed by atoms with Gasteiger partial charge in [-0.25, -0.2) is 9.59 Å². The maximum absolute atomic E-state index is 13.7. The van der Waals surface area contributed by atoms with Gasteiger partial charge in [0, 0.05) is 41.9 Å². The fourth-order valence-electron chi connectivity index (χ4n) is 8.31. The summed E-state index contributed by atoms with van der Waals surface area (Å²) in [5.41, 5.74) is 4.40. The summed E-state index contributed by atoms with van der Waals surface area (Å²) >= 11 is 1.48. The van der Waals surface area contributed by atoms with Crippen LogP contribution in [-0.2, 0) is 10.8 Å². The fraction of sp³-hybridized carbons (Fsp3) is 0.375. The molecule has 9 rings (SSSR count). The first kappa shape index (κ1) is 38.8. The molecule has 304 valence electrons. The van der Waals surface area contributed by atoms with E-state index in [9.17, 15) is 9.59 Å². The van der Waals surface area contributed by atoms with Gasteiger partial charge in [-0.3, -0.25) is 9.97 Å². The van der Waals surface area contributed by atoms with Gasteiger partial charge in [-0.05, 0) is 113 Å². The summed E-state index contributed by atoms with van der Waals surface area (Å²) in [6.07, 6.45) is 5.37. The van der Waals surface area contributed by atoms with E-state index in [2.05, 4.69) is 38.7 Å². The molecule has 2 aliphatic heterocycles. The van der Waals surface area contributed by atoms with E-state index in [1.165, 1.54) is 22.6 Å². The summed E-state index contributed by atoms with van der Waals surface area (Å²) in [5, 5.41) is 1.54. The van der Waals surface area contributed by atoms with Crippen LogP contribution < -0.4 is 25.6 Å². The summed E-state index contributed by atoms with van der Waals surface area (Å²) in [7, 11) is 0. The highest BCUT2D eigenvalue weighted by Crippen LogP contribution is 2.52. The van der Waals surface area contributed by atoms with Crippen LogP contribution in [0.3, 0.4) is 0 Å². The third-order valence-electron chi connectivity index (χ3n) is 11.3. The Morgan fingerprint density at radius 3 is 2.07 bits per heavy atom. The zero-order valence-corrected chi connectivity index (χ0v) is 36.1. The van der Waals surface area contributed by atoms with Crippen molar-refractivity contribution in [1.82, 2.24) is 9.97 Å². The minimum absolute atomic E-state index is 0.000138. The minimum Gasteiger partial charge on any atom is -0.488 e. The van der Waals surface area contributed by atoms with Crippen molar-refractivity contribution in [3.05, 3.63) is 99.0 Å². The maximum atomic E-state index is 13.7. The van der Waals surface area contributed by atoms with E-state index in [1.54, 1.807) is 30.6 Å². The number of aromatic nitrogens is 2. The van der Waals surface area contributed by atoms with Gasteiger partial charge in [0.25, 0.3) is 0 Å². The molecule has 0 N–H and O–H groups in total. The average Bonchev–Trinajstić information content (AvgIpc) is 3.83. The first-order chi connectivity index (χ1) is 27.7. The Labute approximate surface area is 346 Å². The second-order valence-corrected chi connectivity index (χ2v) is 20.2. The summed E-state index contributed by atoms with van der Waals surface area (Å²) in [4.78, 5) is 40.6. The molecule has 2 aromatic carbocycles. The molecule has 11 heteroatoms. The summed E-state index contributed by atoms with van der Waals surface area (Å²) in [6, 6.07) is 16.9. The van der Waals surface area contributed by atoms with E-state index >= 15 is 0 Å². The van der Waals surface area contributed by atoms with Crippen LogP contribution in [0.2, 0.25) is 0 Å². The lowest BCUT2D eigenvalue weighted by molar-refractivity contribution is 0.122. The Kier molecular flexibility index (Phi) is 8.83. The van der Waals surface area contributed by atoms with Crippen LogP contribution in [0.5, 0.6) is 11.5 Å². The Morgan fingerprint density at radius 2 is 1.36 bits per heavy atom. The summed E-state index contributed by atoms with van der Waals surface area (Å²) < 4.78 is 30.7. The molecule has 0 radical (unpaired) electrons. The third kappa shape index (κ3) is 7.13. The second kappa shape index (κ2) is 13.4. The molecule has 7 aromatic rings. The van der Waals surface area contributed by atoms with Gasteiger partial charge >= 0.3 is 11.3 Å². The number of nitrogens with zero attached hydrogens (tertiary/aromatic N) is 3. The van der Waals surface area contributed by atoms with E-state index in [0.717, 1.165) is 46.6 Å².